The fraction of sp³-hybridized carbons (Fsp3) is 0.583. The minimum atomic E-state index is -0.00643. The summed E-state index contributed by atoms with van der Waals surface area (Å²) in [5, 5.41) is 3.18. The molecule has 2 heterocycles. The van der Waals surface area contributed by atoms with Gasteiger partial charge < -0.3 is 10.2 Å². The Morgan fingerprint density at radius 3 is 3.06 bits per heavy atom. The van der Waals surface area contributed by atoms with E-state index in [-0.39, 0.29) is 11.5 Å². The van der Waals surface area contributed by atoms with Crippen molar-refractivity contribution in [2.45, 2.75) is 25.9 Å². The van der Waals surface area contributed by atoms with Gasteiger partial charge in [-0.1, -0.05) is 0 Å². The van der Waals surface area contributed by atoms with Crippen LogP contribution in [0.25, 0.3) is 0 Å². The summed E-state index contributed by atoms with van der Waals surface area (Å²) in [5.74, 6) is 0.0151. The van der Waals surface area contributed by atoms with Crippen molar-refractivity contribution in [2.75, 3.05) is 20.6 Å². The highest BCUT2D eigenvalue weighted by atomic mass is 16.2. The van der Waals surface area contributed by atoms with Crippen LogP contribution in [0.1, 0.15) is 17.7 Å². The van der Waals surface area contributed by atoms with E-state index in [1.165, 1.54) is 15.8 Å². The summed E-state index contributed by atoms with van der Waals surface area (Å²) in [6.07, 6.45) is 2.58. The van der Waals surface area contributed by atoms with Crippen molar-refractivity contribution >= 4 is 5.91 Å². The molecule has 0 fully saturated rings. The maximum absolute atomic E-state index is 12.2. The van der Waals surface area contributed by atoms with Crippen LogP contribution in [0.2, 0.25) is 0 Å². The predicted molar refractivity (Wildman–Crippen MR) is 67.2 cm³/mol. The van der Waals surface area contributed by atoms with Crippen molar-refractivity contribution in [3.8, 4) is 0 Å². The van der Waals surface area contributed by atoms with Gasteiger partial charge in [0.15, 0.2) is 0 Å². The van der Waals surface area contributed by atoms with Gasteiger partial charge in [0.25, 0.3) is 5.56 Å². The molecule has 0 aliphatic carbocycles. The molecular formula is C12H18N4O2. The van der Waals surface area contributed by atoms with Crippen LogP contribution in [-0.2, 0) is 24.3 Å². The zero-order valence-corrected chi connectivity index (χ0v) is 10.8. The second-order valence-corrected chi connectivity index (χ2v) is 4.63. The van der Waals surface area contributed by atoms with Crippen molar-refractivity contribution in [1.29, 1.82) is 0 Å². The van der Waals surface area contributed by atoms with Gasteiger partial charge in [0.2, 0.25) is 5.91 Å². The van der Waals surface area contributed by atoms with E-state index >= 15 is 0 Å². The average Bonchev–Trinajstić information content (AvgIpc) is 2.38. The molecule has 0 unspecified atom stereocenters. The topological polar surface area (TPSA) is 67.2 Å². The molecule has 0 spiro atoms. The van der Waals surface area contributed by atoms with E-state index < -0.39 is 0 Å². The molecule has 1 N–H and O–H groups in total. The molecule has 1 aliphatic heterocycles. The number of fused-ring (bicyclic) bond motifs is 1. The SMILES string of the molecule is CN(C)C(=O)CCn1cnc2c(c1=O)CCNC2. The molecule has 6 heteroatoms. The maximum atomic E-state index is 12.2. The lowest BCUT2D eigenvalue weighted by Crippen LogP contribution is -2.35. The molecule has 98 valence electrons. The molecule has 1 aromatic heterocycles. The number of nitrogens with one attached hydrogen (secondary N) is 1. The zero-order valence-electron chi connectivity index (χ0n) is 10.8. The highest BCUT2D eigenvalue weighted by molar-refractivity contribution is 5.75. The van der Waals surface area contributed by atoms with Crippen molar-refractivity contribution in [3.05, 3.63) is 27.9 Å². The lowest BCUT2D eigenvalue weighted by Gasteiger charge is -2.17. The number of hydrogen-bond acceptors (Lipinski definition) is 4. The summed E-state index contributed by atoms with van der Waals surface area (Å²) >= 11 is 0. The zero-order chi connectivity index (χ0) is 13.1. The number of carbonyl (C=O) groups is 1. The molecule has 0 radical (unpaired) electrons. The molecule has 1 aromatic rings. The van der Waals surface area contributed by atoms with Crippen LogP contribution in [0.3, 0.4) is 0 Å². The fourth-order valence-corrected chi connectivity index (χ4v) is 1.99. The van der Waals surface area contributed by atoms with E-state index in [1.807, 2.05) is 0 Å². The highest BCUT2D eigenvalue weighted by Crippen LogP contribution is 2.05. The lowest BCUT2D eigenvalue weighted by molar-refractivity contribution is -0.128. The van der Waals surface area contributed by atoms with Crippen LogP contribution >= 0.6 is 0 Å². The molecule has 2 rings (SSSR count). The number of rotatable bonds is 3. The van der Waals surface area contributed by atoms with Crippen LogP contribution in [0.15, 0.2) is 11.1 Å². The Bertz CT molecular complexity index is 507. The maximum Gasteiger partial charge on any atom is 0.256 e. The van der Waals surface area contributed by atoms with E-state index in [0.29, 0.717) is 25.9 Å². The molecule has 0 aromatic carbocycles. The Hall–Kier alpha value is -1.69. The van der Waals surface area contributed by atoms with Gasteiger partial charge in [-0.05, 0) is 13.0 Å². The normalized spacial score (nSPS) is 14.1. The molecule has 6 nitrogen and oxygen atoms in total. The molecule has 0 saturated carbocycles. The standard InChI is InChI=1S/C12H18N4O2/c1-15(2)11(17)4-6-16-8-14-10-7-13-5-3-9(10)12(16)18/h8,13H,3-7H2,1-2H3. The van der Waals surface area contributed by atoms with Crippen molar-refractivity contribution in [3.63, 3.8) is 0 Å². The minimum absolute atomic E-state index is 0.00643. The molecule has 18 heavy (non-hydrogen) atoms. The molecule has 1 aliphatic rings. The van der Waals surface area contributed by atoms with E-state index in [2.05, 4.69) is 10.3 Å². The Kier molecular flexibility index (Phi) is 3.76. The Labute approximate surface area is 106 Å². The molecule has 0 saturated heterocycles. The first-order valence-corrected chi connectivity index (χ1v) is 6.07. The van der Waals surface area contributed by atoms with Crippen molar-refractivity contribution in [1.82, 2.24) is 19.8 Å². The summed E-state index contributed by atoms with van der Waals surface area (Å²) in [5.41, 5.74) is 1.61. The third kappa shape index (κ3) is 2.59. The number of aryl methyl sites for hydroxylation is 1. The summed E-state index contributed by atoms with van der Waals surface area (Å²) in [6.45, 7) is 1.86. The van der Waals surface area contributed by atoms with Gasteiger partial charge in [-0.3, -0.25) is 14.2 Å². The van der Waals surface area contributed by atoms with E-state index in [4.69, 9.17) is 0 Å². The van der Waals surface area contributed by atoms with Gasteiger partial charge in [0.05, 0.1) is 12.0 Å². The van der Waals surface area contributed by atoms with Gasteiger partial charge in [0.1, 0.15) is 0 Å². The Morgan fingerprint density at radius 2 is 2.33 bits per heavy atom. The number of nitrogens with zero attached hydrogens (tertiary/aromatic N) is 3. The largest absolute Gasteiger partial charge is 0.349 e. The van der Waals surface area contributed by atoms with Gasteiger partial charge >= 0.3 is 0 Å². The van der Waals surface area contributed by atoms with E-state index in [9.17, 15) is 9.59 Å². The Balaban J connectivity index is 2.15. The molecule has 0 atom stereocenters. The van der Waals surface area contributed by atoms with E-state index in [1.54, 1.807) is 14.1 Å². The number of hydrogen-bond donors (Lipinski definition) is 1. The van der Waals surface area contributed by atoms with Gasteiger partial charge in [-0.15, -0.1) is 0 Å². The smallest absolute Gasteiger partial charge is 0.256 e. The van der Waals surface area contributed by atoms with Crippen LogP contribution in [0.4, 0.5) is 0 Å². The monoisotopic (exact) mass is 250 g/mol. The first-order valence-electron chi connectivity index (χ1n) is 6.07. The number of aromatic nitrogens is 2. The molecule has 0 bridgehead atoms. The highest BCUT2D eigenvalue weighted by Gasteiger charge is 2.15. The number of carbonyl (C=O) groups excluding carboxylic acids is 1. The molecular weight excluding hydrogens is 232 g/mol. The third-order valence-electron chi connectivity index (χ3n) is 3.13. The summed E-state index contributed by atoms with van der Waals surface area (Å²) in [6, 6.07) is 0. The quantitative estimate of drug-likeness (QED) is 0.775. The lowest BCUT2D eigenvalue weighted by atomic mass is 10.1. The summed E-state index contributed by atoms with van der Waals surface area (Å²) < 4.78 is 1.53. The average molecular weight is 250 g/mol. The Morgan fingerprint density at radius 1 is 1.56 bits per heavy atom. The van der Waals surface area contributed by atoms with Crippen LogP contribution < -0.4 is 10.9 Å². The molecule has 1 amide bonds. The first kappa shape index (κ1) is 12.8. The van der Waals surface area contributed by atoms with Crippen LogP contribution in [0, 0.1) is 0 Å². The number of amides is 1. The van der Waals surface area contributed by atoms with Crippen molar-refractivity contribution < 1.29 is 4.79 Å². The van der Waals surface area contributed by atoms with Crippen LogP contribution in [0.5, 0.6) is 0 Å². The second-order valence-electron chi connectivity index (χ2n) is 4.63. The predicted octanol–water partition coefficient (Wildman–Crippen LogP) is -0.633. The third-order valence-corrected chi connectivity index (χ3v) is 3.13. The van der Waals surface area contributed by atoms with E-state index in [0.717, 1.165) is 17.8 Å². The second kappa shape index (κ2) is 5.30. The summed E-state index contributed by atoms with van der Waals surface area (Å²) in [7, 11) is 3.42. The van der Waals surface area contributed by atoms with Crippen molar-refractivity contribution in [2.24, 2.45) is 0 Å². The van der Waals surface area contributed by atoms with Gasteiger partial charge in [-0.2, -0.15) is 0 Å². The van der Waals surface area contributed by atoms with Gasteiger partial charge in [-0.25, -0.2) is 4.98 Å². The minimum Gasteiger partial charge on any atom is -0.349 e. The summed E-state index contributed by atoms with van der Waals surface area (Å²) in [4.78, 5) is 29.5. The van der Waals surface area contributed by atoms with Crippen LogP contribution in [-0.4, -0.2) is 41.0 Å². The fourth-order valence-electron chi connectivity index (χ4n) is 1.99. The van der Waals surface area contributed by atoms with Gasteiger partial charge in [0, 0.05) is 39.2 Å². The first-order chi connectivity index (χ1) is 8.59.